The Balaban J connectivity index is 2.80. The number of hydrogen-bond donors (Lipinski definition) is 0. The van der Waals surface area contributed by atoms with Crippen LogP contribution in [0.4, 0.5) is 11.4 Å². The molecular weight excluding hydrogens is 279 g/mol. The normalized spacial score (nSPS) is 10.6. The number of non-ortho nitro benzene ring substituents is 1. The molecule has 0 radical (unpaired) electrons. The Labute approximate surface area is 107 Å². The van der Waals surface area contributed by atoms with Gasteiger partial charge in [0.15, 0.2) is 0 Å². The first kappa shape index (κ1) is 14.0. The Kier molecular flexibility index (Phi) is 5.49. The summed E-state index contributed by atoms with van der Waals surface area (Å²) in [5.74, 6) is 0. The molecule has 0 atom stereocenters. The van der Waals surface area contributed by atoms with Crippen LogP contribution < -0.4 is 4.90 Å². The number of nitro benzene ring substituents is 1. The summed E-state index contributed by atoms with van der Waals surface area (Å²) in [5, 5.41) is 12.0. The van der Waals surface area contributed by atoms with E-state index in [-0.39, 0.29) is 10.6 Å². The first-order valence-electron chi connectivity index (χ1n) is 5.68. The van der Waals surface area contributed by atoms with Crippen LogP contribution in [0.2, 0.25) is 16.6 Å². The van der Waals surface area contributed by atoms with Gasteiger partial charge in [0.2, 0.25) is 0 Å². The van der Waals surface area contributed by atoms with Crippen LogP contribution in [0.25, 0.3) is 0 Å². The molecule has 0 spiro atoms. The third kappa shape index (κ3) is 4.39. The summed E-state index contributed by atoms with van der Waals surface area (Å²) in [6.07, 6.45) is 0. The SMILES string of the molecule is CCN(CC[As](C)C)c1cccc([N+](=O)[O-])c1. The molecule has 1 aromatic rings. The first-order chi connectivity index (χ1) is 8.04. The van der Waals surface area contributed by atoms with Gasteiger partial charge in [0, 0.05) is 0 Å². The van der Waals surface area contributed by atoms with E-state index < -0.39 is 14.7 Å². The molecular formula is C12H19AsN2O2. The standard InChI is InChI=1S/C12H19AsN2O2/c1-4-14(9-8-13(2)3)11-6-5-7-12(10-11)15(16)17/h5-7,10H,4,8-9H2,1-3H3. The van der Waals surface area contributed by atoms with Crippen molar-refractivity contribution in [3.05, 3.63) is 34.4 Å². The van der Waals surface area contributed by atoms with Crippen LogP contribution in [-0.4, -0.2) is 32.7 Å². The van der Waals surface area contributed by atoms with Gasteiger partial charge in [-0.05, 0) is 0 Å². The van der Waals surface area contributed by atoms with Gasteiger partial charge in [0.25, 0.3) is 0 Å². The van der Waals surface area contributed by atoms with Crippen molar-refractivity contribution in [2.75, 3.05) is 18.0 Å². The fourth-order valence-electron chi connectivity index (χ4n) is 1.59. The van der Waals surface area contributed by atoms with Crippen molar-refractivity contribution in [1.82, 2.24) is 0 Å². The quantitative estimate of drug-likeness (QED) is 0.460. The number of nitro groups is 1. The average molecular weight is 298 g/mol. The molecule has 0 aromatic heterocycles. The van der Waals surface area contributed by atoms with Gasteiger partial charge in [-0.25, -0.2) is 0 Å². The van der Waals surface area contributed by atoms with Crippen LogP contribution in [0.15, 0.2) is 24.3 Å². The Morgan fingerprint density at radius 3 is 2.65 bits per heavy atom. The van der Waals surface area contributed by atoms with E-state index in [2.05, 4.69) is 23.2 Å². The van der Waals surface area contributed by atoms with Gasteiger partial charge in [-0.1, -0.05) is 0 Å². The molecule has 4 nitrogen and oxygen atoms in total. The molecule has 17 heavy (non-hydrogen) atoms. The Hall–Kier alpha value is -1.02. The molecule has 0 aliphatic heterocycles. The summed E-state index contributed by atoms with van der Waals surface area (Å²) in [6.45, 7) is 3.98. The fraction of sp³-hybridized carbons (Fsp3) is 0.500. The van der Waals surface area contributed by atoms with E-state index in [4.69, 9.17) is 0 Å². The van der Waals surface area contributed by atoms with E-state index in [9.17, 15) is 10.1 Å². The fourth-order valence-corrected chi connectivity index (χ4v) is 2.94. The first-order valence-corrected chi connectivity index (χ1v) is 10.8. The topological polar surface area (TPSA) is 46.4 Å². The molecule has 0 saturated carbocycles. The maximum atomic E-state index is 10.7. The van der Waals surface area contributed by atoms with Crippen molar-refractivity contribution in [1.29, 1.82) is 0 Å². The Bertz CT molecular complexity index is 383. The van der Waals surface area contributed by atoms with E-state index in [1.165, 1.54) is 11.3 Å². The number of benzene rings is 1. The molecule has 0 aliphatic carbocycles. The molecule has 94 valence electrons. The molecule has 5 heteroatoms. The third-order valence-electron chi connectivity index (χ3n) is 2.60. The second kappa shape index (κ2) is 6.65. The zero-order valence-electron chi connectivity index (χ0n) is 10.6. The molecule has 0 aliphatic rings. The Morgan fingerprint density at radius 1 is 1.41 bits per heavy atom. The van der Waals surface area contributed by atoms with Gasteiger partial charge < -0.3 is 0 Å². The zero-order valence-corrected chi connectivity index (χ0v) is 12.5. The van der Waals surface area contributed by atoms with Crippen molar-refractivity contribution >= 4 is 26.0 Å². The van der Waals surface area contributed by atoms with Crippen molar-refractivity contribution in [2.24, 2.45) is 0 Å². The van der Waals surface area contributed by atoms with Gasteiger partial charge in [0.05, 0.1) is 0 Å². The van der Waals surface area contributed by atoms with Crippen LogP contribution in [0, 0.1) is 10.1 Å². The summed E-state index contributed by atoms with van der Waals surface area (Å²) in [7, 11) is 0. The molecule has 0 unspecified atom stereocenters. The maximum absolute atomic E-state index is 10.7. The van der Waals surface area contributed by atoms with Crippen molar-refractivity contribution < 1.29 is 4.92 Å². The predicted octanol–water partition coefficient (Wildman–Crippen LogP) is 3.18. The van der Waals surface area contributed by atoms with Gasteiger partial charge in [-0.2, -0.15) is 0 Å². The molecule has 0 bridgehead atoms. The minimum atomic E-state index is -0.632. The van der Waals surface area contributed by atoms with Gasteiger partial charge in [0.1, 0.15) is 0 Å². The molecule has 0 fully saturated rings. The van der Waals surface area contributed by atoms with Crippen molar-refractivity contribution in [3.63, 3.8) is 0 Å². The predicted molar refractivity (Wildman–Crippen MR) is 73.3 cm³/mol. The molecule has 0 heterocycles. The second-order valence-electron chi connectivity index (χ2n) is 4.16. The van der Waals surface area contributed by atoms with Gasteiger partial charge in [-0.15, -0.1) is 0 Å². The summed E-state index contributed by atoms with van der Waals surface area (Å²) in [6, 6.07) is 6.89. The summed E-state index contributed by atoms with van der Waals surface area (Å²) >= 11 is -0.632. The summed E-state index contributed by atoms with van der Waals surface area (Å²) in [4.78, 5) is 12.6. The number of rotatable bonds is 6. The van der Waals surface area contributed by atoms with Crippen molar-refractivity contribution in [3.8, 4) is 0 Å². The van der Waals surface area contributed by atoms with Gasteiger partial charge >= 0.3 is 107 Å². The summed E-state index contributed by atoms with van der Waals surface area (Å²) in [5.41, 5.74) is 5.78. The van der Waals surface area contributed by atoms with Crippen LogP contribution in [0.3, 0.4) is 0 Å². The molecule has 0 saturated heterocycles. The monoisotopic (exact) mass is 298 g/mol. The number of nitrogens with zero attached hydrogens (tertiary/aromatic N) is 2. The zero-order chi connectivity index (χ0) is 12.8. The van der Waals surface area contributed by atoms with Crippen LogP contribution >= 0.6 is 0 Å². The molecule has 0 N–H and O–H groups in total. The number of hydrogen-bond acceptors (Lipinski definition) is 3. The van der Waals surface area contributed by atoms with E-state index in [1.54, 1.807) is 12.1 Å². The van der Waals surface area contributed by atoms with Crippen LogP contribution in [0.1, 0.15) is 6.92 Å². The van der Waals surface area contributed by atoms with Crippen LogP contribution in [0.5, 0.6) is 0 Å². The van der Waals surface area contributed by atoms with E-state index >= 15 is 0 Å². The average Bonchev–Trinajstić information content (AvgIpc) is 2.30. The number of anilines is 1. The van der Waals surface area contributed by atoms with Gasteiger partial charge in [-0.3, -0.25) is 0 Å². The van der Waals surface area contributed by atoms with E-state index in [1.807, 2.05) is 6.07 Å². The molecule has 1 aromatic carbocycles. The second-order valence-corrected chi connectivity index (χ2v) is 9.63. The van der Waals surface area contributed by atoms with E-state index in [0.717, 1.165) is 18.8 Å². The van der Waals surface area contributed by atoms with E-state index in [0.29, 0.717) is 0 Å². The summed E-state index contributed by atoms with van der Waals surface area (Å²) < 4.78 is 0. The molecule has 0 amide bonds. The van der Waals surface area contributed by atoms with Crippen molar-refractivity contribution in [2.45, 2.75) is 23.6 Å². The Morgan fingerprint density at radius 2 is 2.12 bits per heavy atom. The minimum absolute atomic E-state index is 0.170. The third-order valence-corrected chi connectivity index (χ3v) is 4.90. The van der Waals surface area contributed by atoms with Crippen LogP contribution in [-0.2, 0) is 0 Å². The molecule has 1 rings (SSSR count).